The Balaban J connectivity index is 1.58. The molecule has 1 saturated heterocycles. The highest BCUT2D eigenvalue weighted by Crippen LogP contribution is 2.35. The molecule has 0 bridgehead atoms. The Labute approximate surface area is 185 Å². The van der Waals surface area contributed by atoms with E-state index in [9.17, 15) is 9.59 Å². The number of aryl methyl sites for hydroxylation is 1. The molecule has 6 heteroatoms. The van der Waals surface area contributed by atoms with E-state index in [1.54, 1.807) is 6.07 Å². The predicted octanol–water partition coefficient (Wildman–Crippen LogP) is 6.23. The lowest BCUT2D eigenvalue weighted by molar-refractivity contribution is 0.0623. The quantitative estimate of drug-likeness (QED) is 0.524. The van der Waals surface area contributed by atoms with Crippen LogP contribution in [0.2, 0.25) is 5.02 Å². The smallest absolute Gasteiger partial charge is 0.267 e. The number of hydrogen-bond donors (Lipinski definition) is 1. The van der Waals surface area contributed by atoms with Crippen molar-refractivity contribution in [2.24, 2.45) is 11.8 Å². The van der Waals surface area contributed by atoms with Crippen molar-refractivity contribution in [3.63, 3.8) is 0 Å². The largest absolute Gasteiger partial charge is 0.338 e. The summed E-state index contributed by atoms with van der Waals surface area (Å²) < 4.78 is 0.974. The van der Waals surface area contributed by atoms with Crippen LogP contribution in [0, 0.1) is 18.8 Å². The highest BCUT2D eigenvalue weighted by molar-refractivity contribution is 7.21. The lowest BCUT2D eigenvalue weighted by Crippen LogP contribution is -2.42. The van der Waals surface area contributed by atoms with Crippen LogP contribution in [0.25, 0.3) is 10.1 Å². The number of amides is 2. The molecule has 4 nitrogen and oxygen atoms in total. The molecule has 0 aliphatic carbocycles. The van der Waals surface area contributed by atoms with Gasteiger partial charge in [0, 0.05) is 34.4 Å². The molecule has 2 unspecified atom stereocenters. The molecule has 0 radical (unpaired) electrons. The van der Waals surface area contributed by atoms with E-state index in [-0.39, 0.29) is 11.8 Å². The molecule has 3 aromatic rings. The van der Waals surface area contributed by atoms with Crippen molar-refractivity contribution < 1.29 is 9.59 Å². The molecular weight excluding hydrogens is 416 g/mol. The fourth-order valence-corrected chi connectivity index (χ4v) is 5.65. The standard InChI is InChI=1S/C24H25ClN2O2S/c1-14-10-15(2)13-27(12-14)24(29)17-9-8-16(3)19(11-17)26-23(28)22-21(25)18-6-4-5-7-20(18)30-22/h4-9,11,14-15H,10,12-13H2,1-3H3,(H,26,28). The Kier molecular flexibility index (Phi) is 5.85. The Hall–Kier alpha value is -2.37. The van der Waals surface area contributed by atoms with Gasteiger partial charge < -0.3 is 10.2 Å². The molecule has 0 spiro atoms. The van der Waals surface area contributed by atoms with Gasteiger partial charge in [0.1, 0.15) is 4.88 Å². The van der Waals surface area contributed by atoms with E-state index in [4.69, 9.17) is 11.6 Å². The first-order chi connectivity index (χ1) is 14.3. The van der Waals surface area contributed by atoms with Crippen molar-refractivity contribution in [3.8, 4) is 0 Å². The highest BCUT2D eigenvalue weighted by Gasteiger charge is 2.26. The number of rotatable bonds is 3. The van der Waals surface area contributed by atoms with Gasteiger partial charge in [0.05, 0.1) is 5.02 Å². The van der Waals surface area contributed by atoms with E-state index in [0.717, 1.165) is 35.2 Å². The van der Waals surface area contributed by atoms with E-state index < -0.39 is 0 Å². The summed E-state index contributed by atoms with van der Waals surface area (Å²) in [7, 11) is 0. The number of thiophene rings is 1. The number of carbonyl (C=O) groups excluding carboxylic acids is 2. The number of hydrogen-bond acceptors (Lipinski definition) is 3. The third kappa shape index (κ3) is 4.09. The molecule has 2 heterocycles. The van der Waals surface area contributed by atoms with Crippen LogP contribution in [0.4, 0.5) is 5.69 Å². The fraction of sp³-hybridized carbons (Fsp3) is 0.333. The van der Waals surface area contributed by atoms with Crippen molar-refractivity contribution in [3.05, 3.63) is 63.5 Å². The number of piperidine rings is 1. The molecule has 1 aliphatic rings. The minimum Gasteiger partial charge on any atom is -0.338 e. The first kappa shape index (κ1) is 20.9. The van der Waals surface area contributed by atoms with Crippen molar-refractivity contribution in [1.29, 1.82) is 0 Å². The number of likely N-dealkylation sites (tertiary alicyclic amines) is 1. The Morgan fingerprint density at radius 1 is 1.10 bits per heavy atom. The summed E-state index contributed by atoms with van der Waals surface area (Å²) in [6, 6.07) is 13.2. The molecule has 0 saturated carbocycles. The molecule has 1 aromatic heterocycles. The zero-order valence-corrected chi connectivity index (χ0v) is 18.9. The third-order valence-corrected chi connectivity index (χ3v) is 7.30. The lowest BCUT2D eigenvalue weighted by Gasteiger charge is -2.35. The van der Waals surface area contributed by atoms with Crippen LogP contribution in [0.1, 0.15) is 45.9 Å². The van der Waals surface area contributed by atoms with Gasteiger partial charge in [0.25, 0.3) is 11.8 Å². The summed E-state index contributed by atoms with van der Waals surface area (Å²) in [6.07, 6.45) is 1.15. The predicted molar refractivity (Wildman–Crippen MR) is 125 cm³/mol. The van der Waals surface area contributed by atoms with Gasteiger partial charge in [-0.2, -0.15) is 0 Å². The molecule has 30 heavy (non-hydrogen) atoms. The molecule has 1 aliphatic heterocycles. The molecule has 2 atom stereocenters. The number of carbonyl (C=O) groups is 2. The normalized spacial score (nSPS) is 19.1. The summed E-state index contributed by atoms with van der Waals surface area (Å²) in [5, 5.41) is 4.31. The zero-order valence-electron chi connectivity index (χ0n) is 17.4. The van der Waals surface area contributed by atoms with Crippen LogP contribution < -0.4 is 5.32 Å². The zero-order chi connectivity index (χ0) is 21.4. The second-order valence-corrected chi connectivity index (χ2v) is 9.81. The highest BCUT2D eigenvalue weighted by atomic mass is 35.5. The van der Waals surface area contributed by atoms with Gasteiger partial charge in [0.2, 0.25) is 0 Å². The van der Waals surface area contributed by atoms with Gasteiger partial charge in [-0.3, -0.25) is 9.59 Å². The van der Waals surface area contributed by atoms with Crippen LogP contribution in [-0.4, -0.2) is 29.8 Å². The van der Waals surface area contributed by atoms with Gasteiger partial charge in [-0.05, 0) is 48.9 Å². The molecule has 4 rings (SSSR count). The Morgan fingerprint density at radius 2 is 1.80 bits per heavy atom. The van der Waals surface area contributed by atoms with Gasteiger partial charge in [-0.25, -0.2) is 0 Å². The maximum absolute atomic E-state index is 13.1. The molecule has 2 aromatic carbocycles. The van der Waals surface area contributed by atoms with Crippen molar-refractivity contribution >= 4 is 50.5 Å². The SMILES string of the molecule is Cc1ccc(C(=O)N2CC(C)CC(C)C2)cc1NC(=O)c1sc2ccccc2c1Cl. The van der Waals surface area contributed by atoms with Gasteiger partial charge in [0.15, 0.2) is 0 Å². The maximum Gasteiger partial charge on any atom is 0.267 e. The van der Waals surface area contributed by atoms with E-state index in [0.29, 0.717) is 33.0 Å². The Bertz CT molecular complexity index is 1110. The maximum atomic E-state index is 13.1. The van der Waals surface area contributed by atoms with Crippen LogP contribution in [0.5, 0.6) is 0 Å². The van der Waals surface area contributed by atoms with E-state index in [2.05, 4.69) is 19.2 Å². The summed E-state index contributed by atoms with van der Waals surface area (Å²) >= 11 is 7.83. The summed E-state index contributed by atoms with van der Waals surface area (Å²) in [4.78, 5) is 28.4. The molecule has 1 fully saturated rings. The monoisotopic (exact) mass is 440 g/mol. The third-order valence-electron chi connectivity index (χ3n) is 5.63. The number of benzene rings is 2. The van der Waals surface area contributed by atoms with Crippen molar-refractivity contribution in [2.45, 2.75) is 27.2 Å². The summed E-state index contributed by atoms with van der Waals surface area (Å²) in [5.74, 6) is 0.757. The number of nitrogens with zero attached hydrogens (tertiary/aromatic N) is 1. The minimum atomic E-state index is -0.255. The van der Waals surface area contributed by atoms with Gasteiger partial charge >= 0.3 is 0 Å². The van der Waals surface area contributed by atoms with Crippen LogP contribution >= 0.6 is 22.9 Å². The first-order valence-electron chi connectivity index (χ1n) is 10.2. The molecular formula is C24H25ClN2O2S. The van der Waals surface area contributed by atoms with E-state index >= 15 is 0 Å². The van der Waals surface area contributed by atoms with Crippen molar-refractivity contribution in [2.75, 3.05) is 18.4 Å². The van der Waals surface area contributed by atoms with Crippen LogP contribution in [-0.2, 0) is 0 Å². The number of halogens is 1. The van der Waals surface area contributed by atoms with Crippen LogP contribution in [0.15, 0.2) is 42.5 Å². The molecule has 2 amide bonds. The Morgan fingerprint density at radius 3 is 2.50 bits per heavy atom. The van der Waals surface area contributed by atoms with Gasteiger partial charge in [-0.15, -0.1) is 11.3 Å². The second kappa shape index (κ2) is 8.40. The number of anilines is 1. The number of nitrogens with one attached hydrogen (secondary N) is 1. The minimum absolute atomic E-state index is 0.0174. The molecule has 1 N–H and O–H groups in total. The fourth-order valence-electron chi connectivity index (χ4n) is 4.24. The number of fused-ring (bicyclic) bond motifs is 1. The first-order valence-corrected chi connectivity index (χ1v) is 11.4. The van der Waals surface area contributed by atoms with Gasteiger partial charge in [-0.1, -0.05) is 49.7 Å². The average Bonchev–Trinajstić information content (AvgIpc) is 3.05. The summed E-state index contributed by atoms with van der Waals surface area (Å²) in [5.41, 5.74) is 2.13. The summed E-state index contributed by atoms with van der Waals surface area (Å²) in [6.45, 7) is 7.84. The van der Waals surface area contributed by atoms with E-state index in [1.165, 1.54) is 11.3 Å². The lowest BCUT2D eigenvalue weighted by atomic mass is 9.91. The van der Waals surface area contributed by atoms with Crippen LogP contribution in [0.3, 0.4) is 0 Å². The topological polar surface area (TPSA) is 49.4 Å². The van der Waals surface area contributed by atoms with Crippen molar-refractivity contribution in [1.82, 2.24) is 4.90 Å². The van der Waals surface area contributed by atoms with E-state index in [1.807, 2.05) is 48.2 Å². The second-order valence-electron chi connectivity index (χ2n) is 8.38. The average molecular weight is 441 g/mol. The molecule has 156 valence electrons.